The van der Waals surface area contributed by atoms with Gasteiger partial charge in [0.15, 0.2) is 0 Å². The van der Waals surface area contributed by atoms with Crippen LogP contribution in [0.3, 0.4) is 0 Å². The molecule has 0 bridgehead atoms. The summed E-state index contributed by atoms with van der Waals surface area (Å²) in [6, 6.07) is 8.63. The molecule has 1 aliphatic heterocycles. The second-order valence-corrected chi connectivity index (χ2v) is 6.13. The third-order valence-corrected chi connectivity index (χ3v) is 3.69. The molecule has 0 radical (unpaired) electrons. The summed E-state index contributed by atoms with van der Waals surface area (Å²) < 4.78 is 0. The maximum atomic E-state index is 11.2. The van der Waals surface area contributed by atoms with Crippen LogP contribution in [0.2, 0.25) is 0 Å². The molecule has 2 rings (SSSR count). The van der Waals surface area contributed by atoms with Crippen molar-refractivity contribution in [2.24, 2.45) is 11.7 Å². The van der Waals surface area contributed by atoms with Crippen LogP contribution in [0, 0.1) is 5.92 Å². The minimum atomic E-state index is -0.177. The van der Waals surface area contributed by atoms with Gasteiger partial charge in [-0.05, 0) is 29.5 Å². The Bertz CT molecular complexity index is 431. The zero-order chi connectivity index (χ0) is 13.3. The van der Waals surface area contributed by atoms with Gasteiger partial charge in [-0.25, -0.2) is 0 Å². The molecule has 1 aromatic carbocycles. The topological polar surface area (TPSA) is 46.3 Å². The Labute approximate surface area is 109 Å². The van der Waals surface area contributed by atoms with E-state index in [-0.39, 0.29) is 17.2 Å². The van der Waals surface area contributed by atoms with Gasteiger partial charge in [-0.2, -0.15) is 0 Å². The predicted molar refractivity (Wildman–Crippen MR) is 74.7 cm³/mol. The smallest absolute Gasteiger partial charge is 0.222 e. The minimum Gasteiger partial charge on any atom is -0.371 e. The van der Waals surface area contributed by atoms with E-state index in [2.05, 4.69) is 49.9 Å². The Kier molecular flexibility index (Phi) is 3.33. The van der Waals surface area contributed by atoms with E-state index in [9.17, 15) is 4.79 Å². The van der Waals surface area contributed by atoms with Gasteiger partial charge in [-0.3, -0.25) is 4.79 Å². The molecular weight excluding hydrogens is 224 g/mol. The van der Waals surface area contributed by atoms with Crippen molar-refractivity contribution < 1.29 is 4.79 Å². The van der Waals surface area contributed by atoms with E-state index in [1.54, 1.807) is 0 Å². The molecule has 0 aliphatic carbocycles. The number of nitrogens with two attached hydrogens (primary N) is 1. The normalized spacial score (nSPS) is 20.2. The van der Waals surface area contributed by atoms with E-state index in [1.807, 2.05) is 0 Å². The number of primary amides is 1. The Morgan fingerprint density at radius 3 is 2.33 bits per heavy atom. The average molecular weight is 246 g/mol. The van der Waals surface area contributed by atoms with Crippen LogP contribution in [0.15, 0.2) is 24.3 Å². The number of benzene rings is 1. The summed E-state index contributed by atoms with van der Waals surface area (Å²) in [5.74, 6) is -0.170. The number of anilines is 1. The van der Waals surface area contributed by atoms with Crippen LogP contribution < -0.4 is 10.6 Å². The molecule has 1 fully saturated rings. The van der Waals surface area contributed by atoms with Crippen molar-refractivity contribution in [2.75, 3.05) is 18.0 Å². The molecule has 1 unspecified atom stereocenters. The van der Waals surface area contributed by atoms with Crippen LogP contribution in [0.5, 0.6) is 0 Å². The Hall–Kier alpha value is -1.51. The molecule has 1 aromatic rings. The number of rotatable bonds is 2. The first-order valence-electron chi connectivity index (χ1n) is 6.53. The maximum absolute atomic E-state index is 11.2. The quantitative estimate of drug-likeness (QED) is 0.870. The van der Waals surface area contributed by atoms with E-state index in [1.165, 1.54) is 11.3 Å². The third-order valence-electron chi connectivity index (χ3n) is 3.69. The summed E-state index contributed by atoms with van der Waals surface area (Å²) in [5, 5.41) is 0. The molecule has 0 saturated carbocycles. The van der Waals surface area contributed by atoms with E-state index in [0.717, 1.165) is 19.5 Å². The minimum absolute atomic E-state index is 0.00675. The molecule has 3 nitrogen and oxygen atoms in total. The fraction of sp³-hybridized carbons (Fsp3) is 0.533. The van der Waals surface area contributed by atoms with Gasteiger partial charge < -0.3 is 10.6 Å². The van der Waals surface area contributed by atoms with Gasteiger partial charge in [0.05, 0.1) is 5.92 Å². The third kappa shape index (κ3) is 2.66. The summed E-state index contributed by atoms with van der Waals surface area (Å²) in [4.78, 5) is 13.4. The summed E-state index contributed by atoms with van der Waals surface area (Å²) >= 11 is 0. The van der Waals surface area contributed by atoms with Gasteiger partial charge in [0.1, 0.15) is 0 Å². The van der Waals surface area contributed by atoms with Crippen LogP contribution in [-0.4, -0.2) is 19.0 Å². The summed E-state index contributed by atoms with van der Waals surface area (Å²) in [5.41, 5.74) is 8.05. The van der Waals surface area contributed by atoms with E-state index in [4.69, 9.17) is 5.73 Å². The largest absolute Gasteiger partial charge is 0.371 e. The zero-order valence-electron chi connectivity index (χ0n) is 11.4. The lowest BCUT2D eigenvalue weighted by molar-refractivity contribution is -0.121. The van der Waals surface area contributed by atoms with Crippen molar-refractivity contribution in [3.8, 4) is 0 Å². The fourth-order valence-electron chi connectivity index (χ4n) is 2.40. The Morgan fingerprint density at radius 1 is 1.28 bits per heavy atom. The molecule has 1 saturated heterocycles. The number of carbonyl (C=O) groups excluding carboxylic acids is 1. The highest BCUT2D eigenvalue weighted by atomic mass is 16.1. The van der Waals surface area contributed by atoms with Gasteiger partial charge in [0, 0.05) is 18.8 Å². The maximum Gasteiger partial charge on any atom is 0.222 e. The molecule has 0 aromatic heterocycles. The standard InChI is InChI=1S/C15H22N2O/c1-15(2,3)12-4-6-13(7-5-12)17-9-8-11(10-17)14(16)18/h4-7,11H,8-10H2,1-3H3,(H2,16,18). The Morgan fingerprint density at radius 2 is 1.89 bits per heavy atom. The monoisotopic (exact) mass is 246 g/mol. The first-order valence-corrected chi connectivity index (χ1v) is 6.53. The number of carbonyl (C=O) groups is 1. The lowest BCUT2D eigenvalue weighted by atomic mass is 9.87. The first-order chi connectivity index (χ1) is 8.38. The van der Waals surface area contributed by atoms with Crippen molar-refractivity contribution in [3.63, 3.8) is 0 Å². The number of nitrogens with zero attached hydrogens (tertiary/aromatic N) is 1. The van der Waals surface area contributed by atoms with Crippen molar-refractivity contribution in [2.45, 2.75) is 32.6 Å². The SMILES string of the molecule is CC(C)(C)c1ccc(N2CCC(C(N)=O)C2)cc1. The van der Waals surface area contributed by atoms with Crippen molar-refractivity contribution in [1.82, 2.24) is 0 Å². The number of hydrogen-bond acceptors (Lipinski definition) is 2. The van der Waals surface area contributed by atoms with E-state index >= 15 is 0 Å². The number of amides is 1. The van der Waals surface area contributed by atoms with Crippen LogP contribution in [0.25, 0.3) is 0 Å². The Balaban J connectivity index is 2.10. The lowest BCUT2D eigenvalue weighted by Crippen LogP contribution is -2.27. The van der Waals surface area contributed by atoms with Crippen molar-refractivity contribution in [3.05, 3.63) is 29.8 Å². The van der Waals surface area contributed by atoms with Crippen LogP contribution in [0.4, 0.5) is 5.69 Å². The van der Waals surface area contributed by atoms with Gasteiger partial charge in [0.2, 0.25) is 5.91 Å². The second kappa shape index (κ2) is 4.63. The van der Waals surface area contributed by atoms with E-state index in [0.29, 0.717) is 0 Å². The summed E-state index contributed by atoms with van der Waals surface area (Å²) in [6.07, 6.45) is 0.871. The van der Waals surface area contributed by atoms with Crippen molar-refractivity contribution >= 4 is 11.6 Å². The van der Waals surface area contributed by atoms with Crippen LogP contribution in [0.1, 0.15) is 32.8 Å². The molecule has 98 valence electrons. The fourth-order valence-corrected chi connectivity index (χ4v) is 2.40. The molecule has 1 atom stereocenters. The van der Waals surface area contributed by atoms with Crippen molar-refractivity contribution in [1.29, 1.82) is 0 Å². The summed E-state index contributed by atoms with van der Waals surface area (Å²) in [7, 11) is 0. The van der Waals surface area contributed by atoms with Gasteiger partial charge in [-0.15, -0.1) is 0 Å². The molecule has 3 heteroatoms. The molecule has 0 spiro atoms. The molecule has 1 amide bonds. The first kappa shape index (κ1) is 12.9. The van der Waals surface area contributed by atoms with Gasteiger partial charge in [0.25, 0.3) is 0 Å². The molecular formula is C15H22N2O. The van der Waals surface area contributed by atoms with Gasteiger partial charge in [-0.1, -0.05) is 32.9 Å². The predicted octanol–water partition coefficient (Wildman–Crippen LogP) is 2.30. The highest BCUT2D eigenvalue weighted by Crippen LogP contribution is 2.27. The molecule has 2 N–H and O–H groups in total. The van der Waals surface area contributed by atoms with E-state index < -0.39 is 0 Å². The zero-order valence-corrected chi connectivity index (χ0v) is 11.4. The molecule has 18 heavy (non-hydrogen) atoms. The highest BCUT2D eigenvalue weighted by Gasteiger charge is 2.26. The summed E-state index contributed by atoms with van der Waals surface area (Å²) in [6.45, 7) is 8.30. The molecule has 1 aliphatic rings. The number of hydrogen-bond donors (Lipinski definition) is 1. The van der Waals surface area contributed by atoms with Crippen LogP contribution >= 0.6 is 0 Å². The molecule has 1 heterocycles. The van der Waals surface area contributed by atoms with Crippen LogP contribution in [-0.2, 0) is 10.2 Å². The highest BCUT2D eigenvalue weighted by molar-refractivity contribution is 5.78. The lowest BCUT2D eigenvalue weighted by Gasteiger charge is -2.22. The van der Waals surface area contributed by atoms with Gasteiger partial charge >= 0.3 is 0 Å². The average Bonchev–Trinajstić information content (AvgIpc) is 2.77. The second-order valence-electron chi connectivity index (χ2n) is 6.13.